The molecular formula is C17H25N3O2. The second-order valence-electron chi connectivity index (χ2n) is 5.84. The van der Waals surface area contributed by atoms with Crippen LogP contribution in [-0.4, -0.2) is 18.4 Å². The standard InChI is InChI=1S/C17H25N3O2/c18-10-4-9-16(21)19-12-13-5-3-8-15(11-13)20-17(22)14-6-1-2-7-14/h3,5,8,11,14H,1-2,4,6-7,9-10,12,18H2,(H,19,21)(H,20,22). The zero-order valence-corrected chi connectivity index (χ0v) is 12.9. The van der Waals surface area contributed by atoms with Crippen LogP contribution in [0.5, 0.6) is 0 Å². The first-order valence-corrected chi connectivity index (χ1v) is 8.05. The molecule has 2 rings (SSSR count). The van der Waals surface area contributed by atoms with Gasteiger partial charge in [-0.25, -0.2) is 0 Å². The highest BCUT2D eigenvalue weighted by atomic mass is 16.2. The molecule has 1 fully saturated rings. The third kappa shape index (κ3) is 5.15. The maximum atomic E-state index is 12.1. The van der Waals surface area contributed by atoms with Crippen LogP contribution in [0.1, 0.15) is 44.1 Å². The van der Waals surface area contributed by atoms with Crippen molar-refractivity contribution in [2.24, 2.45) is 11.7 Å². The van der Waals surface area contributed by atoms with Crippen molar-refractivity contribution in [2.75, 3.05) is 11.9 Å². The Morgan fingerprint density at radius 3 is 2.73 bits per heavy atom. The summed E-state index contributed by atoms with van der Waals surface area (Å²) in [6.45, 7) is 0.993. The fourth-order valence-corrected chi connectivity index (χ4v) is 2.74. The molecule has 0 unspecified atom stereocenters. The molecule has 1 aromatic carbocycles. The van der Waals surface area contributed by atoms with Crippen LogP contribution >= 0.6 is 0 Å². The number of nitrogens with two attached hydrogens (primary N) is 1. The van der Waals surface area contributed by atoms with Gasteiger partial charge in [-0.15, -0.1) is 0 Å². The van der Waals surface area contributed by atoms with Gasteiger partial charge < -0.3 is 16.4 Å². The predicted octanol–water partition coefficient (Wildman–Crippen LogP) is 2.17. The first-order chi connectivity index (χ1) is 10.7. The van der Waals surface area contributed by atoms with Crippen LogP contribution in [-0.2, 0) is 16.1 Å². The molecule has 0 atom stereocenters. The van der Waals surface area contributed by atoms with Gasteiger partial charge in [0, 0.05) is 24.6 Å². The van der Waals surface area contributed by atoms with E-state index in [1.54, 1.807) is 0 Å². The summed E-state index contributed by atoms with van der Waals surface area (Å²) in [5, 5.41) is 5.84. The van der Waals surface area contributed by atoms with Crippen molar-refractivity contribution in [3.63, 3.8) is 0 Å². The molecule has 0 heterocycles. The summed E-state index contributed by atoms with van der Waals surface area (Å²) in [4.78, 5) is 23.7. The SMILES string of the molecule is NCCCC(=O)NCc1cccc(NC(=O)C2CCCC2)c1. The Bertz CT molecular complexity index is 510. The highest BCUT2D eigenvalue weighted by Crippen LogP contribution is 2.26. The largest absolute Gasteiger partial charge is 0.352 e. The van der Waals surface area contributed by atoms with Crippen LogP contribution in [0, 0.1) is 5.92 Å². The fraction of sp³-hybridized carbons (Fsp3) is 0.529. The summed E-state index contributed by atoms with van der Waals surface area (Å²) in [6.07, 6.45) is 5.42. The molecule has 22 heavy (non-hydrogen) atoms. The third-order valence-electron chi connectivity index (χ3n) is 4.02. The number of anilines is 1. The van der Waals surface area contributed by atoms with Crippen molar-refractivity contribution in [2.45, 2.75) is 45.1 Å². The van der Waals surface area contributed by atoms with Gasteiger partial charge in [0.25, 0.3) is 0 Å². The zero-order chi connectivity index (χ0) is 15.8. The third-order valence-corrected chi connectivity index (χ3v) is 4.02. The molecule has 1 aromatic rings. The van der Waals surface area contributed by atoms with Crippen molar-refractivity contribution < 1.29 is 9.59 Å². The minimum Gasteiger partial charge on any atom is -0.352 e. The van der Waals surface area contributed by atoms with E-state index in [4.69, 9.17) is 5.73 Å². The number of hydrogen-bond acceptors (Lipinski definition) is 3. The van der Waals surface area contributed by atoms with E-state index >= 15 is 0 Å². The predicted molar refractivity (Wildman–Crippen MR) is 87.2 cm³/mol. The van der Waals surface area contributed by atoms with E-state index in [1.165, 1.54) is 0 Å². The van der Waals surface area contributed by atoms with Gasteiger partial charge in [-0.1, -0.05) is 25.0 Å². The summed E-state index contributed by atoms with van der Waals surface area (Å²) in [6, 6.07) is 7.63. The molecule has 0 bridgehead atoms. The number of carbonyl (C=O) groups excluding carboxylic acids is 2. The molecule has 1 aliphatic carbocycles. The molecule has 120 valence electrons. The van der Waals surface area contributed by atoms with E-state index in [1.807, 2.05) is 24.3 Å². The topological polar surface area (TPSA) is 84.2 Å². The zero-order valence-electron chi connectivity index (χ0n) is 12.9. The Labute approximate surface area is 131 Å². The minimum absolute atomic E-state index is 0.00541. The highest BCUT2D eigenvalue weighted by molar-refractivity contribution is 5.92. The Kier molecular flexibility index (Phi) is 6.40. The molecule has 5 heteroatoms. The minimum atomic E-state index is 0.00541. The van der Waals surface area contributed by atoms with Crippen LogP contribution in [0.4, 0.5) is 5.69 Å². The van der Waals surface area contributed by atoms with Gasteiger partial charge in [0.1, 0.15) is 0 Å². The molecule has 0 radical (unpaired) electrons. The monoisotopic (exact) mass is 303 g/mol. The van der Waals surface area contributed by atoms with Crippen LogP contribution < -0.4 is 16.4 Å². The van der Waals surface area contributed by atoms with E-state index in [0.717, 1.165) is 36.9 Å². The van der Waals surface area contributed by atoms with E-state index in [-0.39, 0.29) is 17.7 Å². The first kappa shape index (κ1) is 16.5. The molecule has 0 aromatic heterocycles. The molecule has 1 saturated carbocycles. The number of benzene rings is 1. The van der Waals surface area contributed by atoms with Crippen LogP contribution in [0.2, 0.25) is 0 Å². The Morgan fingerprint density at radius 2 is 2.00 bits per heavy atom. The highest BCUT2D eigenvalue weighted by Gasteiger charge is 2.22. The molecular weight excluding hydrogens is 278 g/mol. The van der Waals surface area contributed by atoms with Crippen molar-refractivity contribution in [3.8, 4) is 0 Å². The van der Waals surface area contributed by atoms with Crippen molar-refractivity contribution >= 4 is 17.5 Å². The normalized spacial score (nSPS) is 14.8. The van der Waals surface area contributed by atoms with Gasteiger partial charge in [0.15, 0.2) is 0 Å². The summed E-state index contributed by atoms with van der Waals surface area (Å²) in [5.74, 6) is 0.270. The van der Waals surface area contributed by atoms with E-state index in [0.29, 0.717) is 25.9 Å². The van der Waals surface area contributed by atoms with Gasteiger partial charge in [-0.3, -0.25) is 9.59 Å². The molecule has 0 spiro atoms. The number of hydrogen-bond donors (Lipinski definition) is 3. The second-order valence-corrected chi connectivity index (χ2v) is 5.84. The Hall–Kier alpha value is -1.88. The molecule has 2 amide bonds. The summed E-state index contributed by atoms with van der Waals surface area (Å²) in [5.41, 5.74) is 7.16. The van der Waals surface area contributed by atoms with Crippen molar-refractivity contribution in [3.05, 3.63) is 29.8 Å². The second kappa shape index (κ2) is 8.54. The van der Waals surface area contributed by atoms with Crippen LogP contribution in [0.3, 0.4) is 0 Å². The maximum Gasteiger partial charge on any atom is 0.227 e. The molecule has 5 nitrogen and oxygen atoms in total. The van der Waals surface area contributed by atoms with Crippen LogP contribution in [0.15, 0.2) is 24.3 Å². The molecule has 0 saturated heterocycles. The lowest BCUT2D eigenvalue weighted by atomic mass is 10.1. The fourth-order valence-electron chi connectivity index (χ4n) is 2.74. The Balaban J connectivity index is 1.84. The van der Waals surface area contributed by atoms with Gasteiger partial charge in [0.2, 0.25) is 11.8 Å². The van der Waals surface area contributed by atoms with Gasteiger partial charge >= 0.3 is 0 Å². The van der Waals surface area contributed by atoms with Gasteiger partial charge in [-0.05, 0) is 43.5 Å². The lowest BCUT2D eigenvalue weighted by Gasteiger charge is -2.12. The van der Waals surface area contributed by atoms with Crippen LogP contribution in [0.25, 0.3) is 0 Å². The van der Waals surface area contributed by atoms with E-state index in [9.17, 15) is 9.59 Å². The van der Waals surface area contributed by atoms with E-state index < -0.39 is 0 Å². The molecule has 1 aliphatic rings. The molecule has 0 aliphatic heterocycles. The smallest absolute Gasteiger partial charge is 0.227 e. The lowest BCUT2D eigenvalue weighted by molar-refractivity contribution is -0.121. The van der Waals surface area contributed by atoms with Crippen molar-refractivity contribution in [1.82, 2.24) is 5.32 Å². The average Bonchev–Trinajstić information content (AvgIpc) is 3.06. The summed E-state index contributed by atoms with van der Waals surface area (Å²) >= 11 is 0. The van der Waals surface area contributed by atoms with Gasteiger partial charge in [-0.2, -0.15) is 0 Å². The Morgan fingerprint density at radius 1 is 1.23 bits per heavy atom. The number of nitrogens with one attached hydrogen (secondary N) is 2. The molecule has 4 N–H and O–H groups in total. The lowest BCUT2D eigenvalue weighted by Crippen LogP contribution is -2.23. The summed E-state index contributed by atoms with van der Waals surface area (Å²) in [7, 11) is 0. The average molecular weight is 303 g/mol. The quantitative estimate of drug-likeness (QED) is 0.722. The number of amides is 2. The summed E-state index contributed by atoms with van der Waals surface area (Å²) < 4.78 is 0. The first-order valence-electron chi connectivity index (χ1n) is 8.05. The van der Waals surface area contributed by atoms with E-state index in [2.05, 4.69) is 10.6 Å². The maximum absolute atomic E-state index is 12.1. The number of carbonyl (C=O) groups is 2. The van der Waals surface area contributed by atoms with Gasteiger partial charge in [0.05, 0.1) is 0 Å². The van der Waals surface area contributed by atoms with Crippen molar-refractivity contribution in [1.29, 1.82) is 0 Å². The number of rotatable bonds is 7.